The SMILES string of the molecule is c1ccc(-c2cn3c4ccccc4c4ccc(Oc5ccc6c(c5)c5ncc(-c7ccccc7)n5c5cccnc65)cc4c3n2)cc1. The van der Waals surface area contributed by atoms with Gasteiger partial charge in [-0.05, 0) is 60.0 Å². The maximum atomic E-state index is 6.60. The molecule has 0 aliphatic heterocycles. The first-order valence-electron chi connectivity index (χ1n) is 15.6. The Morgan fingerprint density at radius 1 is 0.511 bits per heavy atom. The van der Waals surface area contributed by atoms with Crippen molar-refractivity contribution in [2.24, 2.45) is 0 Å². The van der Waals surface area contributed by atoms with Gasteiger partial charge in [-0.1, -0.05) is 78.9 Å². The molecule has 5 heterocycles. The van der Waals surface area contributed by atoms with Crippen molar-refractivity contribution in [2.75, 3.05) is 0 Å². The third-order valence-electron chi connectivity index (χ3n) is 9.04. The predicted octanol–water partition coefficient (Wildman–Crippen LogP) is 10.1. The molecule has 5 aromatic heterocycles. The molecule has 0 atom stereocenters. The van der Waals surface area contributed by atoms with Crippen LogP contribution in [0.3, 0.4) is 0 Å². The molecule has 0 spiro atoms. The van der Waals surface area contributed by atoms with Gasteiger partial charge in [0.25, 0.3) is 0 Å². The van der Waals surface area contributed by atoms with Crippen LogP contribution >= 0.6 is 0 Å². The monoisotopic (exact) mass is 603 g/mol. The quantitative estimate of drug-likeness (QED) is 0.188. The molecule has 0 saturated heterocycles. The van der Waals surface area contributed by atoms with Crippen LogP contribution in [0.2, 0.25) is 0 Å². The molecule has 10 rings (SSSR count). The third-order valence-corrected chi connectivity index (χ3v) is 9.04. The lowest BCUT2D eigenvalue weighted by Gasteiger charge is -2.13. The van der Waals surface area contributed by atoms with Gasteiger partial charge >= 0.3 is 0 Å². The molecule has 0 unspecified atom stereocenters. The highest BCUT2D eigenvalue weighted by atomic mass is 16.5. The highest BCUT2D eigenvalue weighted by Gasteiger charge is 2.17. The number of benzene rings is 5. The first-order valence-corrected chi connectivity index (χ1v) is 15.6. The lowest BCUT2D eigenvalue weighted by Crippen LogP contribution is -1.95. The van der Waals surface area contributed by atoms with Crippen molar-refractivity contribution >= 4 is 54.8 Å². The Balaban J connectivity index is 1.15. The molecule has 0 bridgehead atoms. The zero-order chi connectivity index (χ0) is 30.9. The van der Waals surface area contributed by atoms with Crippen LogP contribution in [0.5, 0.6) is 11.5 Å². The standard InChI is InChI=1S/C41H25N5O/c1-3-10-26(11-4-1)35-25-45-36-15-8-7-14-31(36)30-19-17-28(22-33(30)41(45)44-35)47-29-18-20-32-34(23-29)40-43-24-38(27-12-5-2-6-13-27)46(40)37-16-9-21-42-39(32)37/h1-25H. The minimum absolute atomic E-state index is 0.725. The molecular weight excluding hydrogens is 578 g/mol. The van der Waals surface area contributed by atoms with Crippen molar-refractivity contribution in [2.45, 2.75) is 0 Å². The van der Waals surface area contributed by atoms with E-state index in [4.69, 9.17) is 19.7 Å². The van der Waals surface area contributed by atoms with Gasteiger partial charge in [0, 0.05) is 45.1 Å². The summed E-state index contributed by atoms with van der Waals surface area (Å²) in [7, 11) is 0. The Labute approximate surface area is 268 Å². The van der Waals surface area contributed by atoms with Crippen LogP contribution in [0, 0.1) is 0 Å². The summed E-state index contributed by atoms with van der Waals surface area (Å²) in [6.45, 7) is 0. The largest absolute Gasteiger partial charge is 0.457 e. The maximum Gasteiger partial charge on any atom is 0.146 e. The van der Waals surface area contributed by atoms with Crippen molar-refractivity contribution in [3.05, 3.63) is 152 Å². The van der Waals surface area contributed by atoms with Crippen LogP contribution in [0.1, 0.15) is 0 Å². The molecule has 5 aromatic carbocycles. The number of pyridine rings is 3. The van der Waals surface area contributed by atoms with Gasteiger partial charge in [-0.3, -0.25) is 13.8 Å². The van der Waals surface area contributed by atoms with Gasteiger partial charge in [-0.25, -0.2) is 9.97 Å². The summed E-state index contributed by atoms with van der Waals surface area (Å²) in [5.74, 6) is 1.46. The Morgan fingerprint density at radius 3 is 2.00 bits per heavy atom. The van der Waals surface area contributed by atoms with E-state index in [-0.39, 0.29) is 0 Å². The number of nitrogens with zero attached hydrogens (tertiary/aromatic N) is 5. The summed E-state index contributed by atoms with van der Waals surface area (Å²) in [4.78, 5) is 14.9. The lowest BCUT2D eigenvalue weighted by atomic mass is 10.1. The highest BCUT2D eigenvalue weighted by Crippen LogP contribution is 2.37. The summed E-state index contributed by atoms with van der Waals surface area (Å²) in [6, 6.07) is 45.7. The van der Waals surface area contributed by atoms with Crippen molar-refractivity contribution < 1.29 is 4.74 Å². The van der Waals surface area contributed by atoms with Crippen molar-refractivity contribution in [3.8, 4) is 34.0 Å². The third kappa shape index (κ3) is 3.95. The van der Waals surface area contributed by atoms with Crippen LogP contribution in [-0.2, 0) is 0 Å². The van der Waals surface area contributed by atoms with Gasteiger partial charge in [0.2, 0.25) is 0 Å². The molecule has 0 N–H and O–H groups in total. The van der Waals surface area contributed by atoms with Gasteiger partial charge < -0.3 is 4.74 Å². The van der Waals surface area contributed by atoms with Crippen LogP contribution in [0.15, 0.2) is 152 Å². The second-order valence-electron chi connectivity index (χ2n) is 11.8. The van der Waals surface area contributed by atoms with Crippen LogP contribution in [0.25, 0.3) is 77.3 Å². The van der Waals surface area contributed by atoms with Crippen molar-refractivity contribution in [1.29, 1.82) is 0 Å². The number of ether oxygens (including phenoxy) is 1. The smallest absolute Gasteiger partial charge is 0.146 e. The number of aromatic nitrogens is 5. The molecule has 6 nitrogen and oxygen atoms in total. The zero-order valence-electron chi connectivity index (χ0n) is 25.1. The van der Waals surface area contributed by atoms with Gasteiger partial charge in [-0.15, -0.1) is 0 Å². The van der Waals surface area contributed by atoms with Crippen LogP contribution in [-0.4, -0.2) is 23.8 Å². The predicted molar refractivity (Wildman–Crippen MR) is 189 cm³/mol. The maximum absolute atomic E-state index is 6.60. The van der Waals surface area contributed by atoms with E-state index in [0.717, 1.165) is 83.4 Å². The van der Waals surface area contributed by atoms with Crippen molar-refractivity contribution in [3.63, 3.8) is 0 Å². The fourth-order valence-corrected chi connectivity index (χ4v) is 6.92. The second-order valence-corrected chi connectivity index (χ2v) is 11.8. The Hall–Kier alpha value is -6.53. The Bertz CT molecular complexity index is 2770. The molecule has 220 valence electrons. The second kappa shape index (κ2) is 9.99. The minimum atomic E-state index is 0.725. The molecular formula is C41H25N5O. The van der Waals surface area contributed by atoms with E-state index >= 15 is 0 Å². The average molecular weight is 604 g/mol. The number of imidazole rings is 2. The number of rotatable bonds is 4. The van der Waals surface area contributed by atoms with E-state index in [9.17, 15) is 0 Å². The van der Waals surface area contributed by atoms with E-state index in [1.54, 1.807) is 0 Å². The number of fused-ring (bicyclic) bond motifs is 12. The zero-order valence-corrected chi connectivity index (χ0v) is 25.1. The number of hydrogen-bond donors (Lipinski definition) is 0. The normalized spacial score (nSPS) is 11.8. The van der Waals surface area contributed by atoms with Gasteiger partial charge in [0.15, 0.2) is 0 Å². The number of hydrogen-bond acceptors (Lipinski definition) is 4. The molecule has 0 radical (unpaired) electrons. The van der Waals surface area contributed by atoms with Gasteiger partial charge in [0.05, 0.1) is 34.1 Å². The van der Waals surface area contributed by atoms with Crippen LogP contribution in [0.4, 0.5) is 0 Å². The molecule has 0 aliphatic rings. The summed E-state index contributed by atoms with van der Waals surface area (Å²) >= 11 is 0. The molecule has 0 amide bonds. The summed E-state index contributed by atoms with van der Waals surface area (Å²) in [5.41, 5.74) is 8.95. The highest BCUT2D eigenvalue weighted by molar-refractivity contribution is 6.13. The first-order chi connectivity index (χ1) is 23.3. The van der Waals surface area contributed by atoms with E-state index in [1.807, 2.05) is 67.0 Å². The van der Waals surface area contributed by atoms with E-state index in [0.29, 0.717) is 0 Å². The minimum Gasteiger partial charge on any atom is -0.457 e. The summed E-state index contributed by atoms with van der Waals surface area (Å²) in [6.07, 6.45) is 5.91. The molecule has 6 heteroatoms. The summed E-state index contributed by atoms with van der Waals surface area (Å²) in [5, 5.41) is 5.34. The summed E-state index contributed by atoms with van der Waals surface area (Å²) < 4.78 is 11.0. The van der Waals surface area contributed by atoms with E-state index in [1.165, 1.54) is 5.39 Å². The van der Waals surface area contributed by atoms with E-state index in [2.05, 4.69) is 93.9 Å². The van der Waals surface area contributed by atoms with E-state index < -0.39 is 0 Å². The fourth-order valence-electron chi connectivity index (χ4n) is 6.92. The first kappa shape index (κ1) is 25.8. The molecule has 47 heavy (non-hydrogen) atoms. The molecule has 0 fully saturated rings. The van der Waals surface area contributed by atoms with Gasteiger partial charge in [-0.2, -0.15) is 0 Å². The average Bonchev–Trinajstić information content (AvgIpc) is 3.79. The number of para-hydroxylation sites is 1. The molecule has 0 saturated carbocycles. The Kier molecular flexibility index (Phi) is 5.48. The van der Waals surface area contributed by atoms with Crippen LogP contribution < -0.4 is 4.74 Å². The fraction of sp³-hybridized carbons (Fsp3) is 0. The van der Waals surface area contributed by atoms with Gasteiger partial charge in [0.1, 0.15) is 22.8 Å². The lowest BCUT2D eigenvalue weighted by molar-refractivity contribution is 0.484. The molecule has 0 aliphatic carbocycles. The molecule has 10 aromatic rings. The van der Waals surface area contributed by atoms with Crippen molar-refractivity contribution in [1.82, 2.24) is 23.8 Å². The topological polar surface area (TPSA) is 56.7 Å². The Morgan fingerprint density at radius 2 is 1.19 bits per heavy atom.